The summed E-state index contributed by atoms with van der Waals surface area (Å²) in [6, 6.07) is 0. The molecule has 0 unspecified atom stereocenters. The van der Waals surface area contributed by atoms with Gasteiger partial charge in [0.2, 0.25) is 0 Å². The van der Waals surface area contributed by atoms with E-state index in [2.05, 4.69) is 15.0 Å². The van der Waals surface area contributed by atoms with Gasteiger partial charge in [-0.05, 0) is 6.92 Å². The van der Waals surface area contributed by atoms with Crippen molar-refractivity contribution in [3.63, 3.8) is 0 Å². The highest BCUT2D eigenvalue weighted by Gasteiger charge is 2.32. The number of hydrogen-bond acceptors (Lipinski definition) is 5. The third-order valence-corrected chi connectivity index (χ3v) is 3.03. The van der Waals surface area contributed by atoms with Gasteiger partial charge in [-0.1, -0.05) is 0 Å². The molecule has 0 spiro atoms. The number of rotatable bonds is 1. The minimum atomic E-state index is -0.501. The molecule has 1 aliphatic rings. The van der Waals surface area contributed by atoms with Crippen LogP contribution in [0.25, 0.3) is 11.2 Å². The normalized spacial score (nSPS) is 28.9. The zero-order valence-electron chi connectivity index (χ0n) is 9.20. The molecule has 3 rings (SSSR count). The fourth-order valence-electron chi connectivity index (χ4n) is 2.05. The second kappa shape index (κ2) is 3.64. The molecule has 1 saturated heterocycles. The number of aromatic nitrogens is 4. The lowest BCUT2D eigenvalue weighted by molar-refractivity contribution is -0.00632. The Morgan fingerprint density at radius 2 is 2.41 bits per heavy atom. The maximum Gasteiger partial charge on any atom is 0.278 e. The summed E-state index contributed by atoms with van der Waals surface area (Å²) in [6.45, 7) is 1.81. The SMILES string of the molecule is C[C@H]1O[C@@H](n2cnc3c(=O)[nH]cnc32)C[C@H]1O. The lowest BCUT2D eigenvalue weighted by atomic mass is 10.2. The van der Waals surface area contributed by atoms with E-state index in [1.54, 1.807) is 4.57 Å². The van der Waals surface area contributed by atoms with Crippen LogP contribution in [0.5, 0.6) is 0 Å². The monoisotopic (exact) mass is 236 g/mol. The van der Waals surface area contributed by atoms with E-state index in [4.69, 9.17) is 4.74 Å². The van der Waals surface area contributed by atoms with E-state index in [9.17, 15) is 9.90 Å². The number of hydrogen-bond donors (Lipinski definition) is 2. The van der Waals surface area contributed by atoms with Gasteiger partial charge in [-0.15, -0.1) is 0 Å². The molecule has 0 amide bonds. The lowest BCUT2D eigenvalue weighted by Gasteiger charge is -2.12. The van der Waals surface area contributed by atoms with E-state index in [-0.39, 0.29) is 23.4 Å². The molecule has 0 bridgehead atoms. The van der Waals surface area contributed by atoms with Crippen molar-refractivity contribution in [2.75, 3.05) is 0 Å². The topological polar surface area (TPSA) is 93.0 Å². The van der Waals surface area contributed by atoms with Crippen molar-refractivity contribution in [3.8, 4) is 0 Å². The highest BCUT2D eigenvalue weighted by atomic mass is 16.5. The Hall–Kier alpha value is -1.73. The van der Waals surface area contributed by atoms with E-state index in [1.165, 1.54) is 12.7 Å². The van der Waals surface area contributed by atoms with Crippen LogP contribution in [0.15, 0.2) is 17.4 Å². The maximum atomic E-state index is 11.5. The molecule has 7 heteroatoms. The molecule has 1 aliphatic heterocycles. The van der Waals surface area contributed by atoms with Crippen molar-refractivity contribution in [3.05, 3.63) is 23.0 Å². The van der Waals surface area contributed by atoms with Crippen LogP contribution in [0.2, 0.25) is 0 Å². The molecule has 3 heterocycles. The first kappa shape index (κ1) is 10.4. The summed E-state index contributed by atoms with van der Waals surface area (Å²) in [4.78, 5) is 22.0. The fourth-order valence-corrected chi connectivity index (χ4v) is 2.05. The van der Waals surface area contributed by atoms with Crippen molar-refractivity contribution in [2.45, 2.75) is 31.8 Å². The highest BCUT2D eigenvalue weighted by molar-refractivity contribution is 5.68. The Balaban J connectivity index is 2.07. The number of imidazole rings is 1. The molecule has 90 valence electrons. The van der Waals surface area contributed by atoms with Crippen molar-refractivity contribution < 1.29 is 9.84 Å². The number of H-pyrrole nitrogens is 1. The molecule has 3 atom stereocenters. The Morgan fingerprint density at radius 3 is 3.12 bits per heavy atom. The molecule has 17 heavy (non-hydrogen) atoms. The minimum Gasteiger partial charge on any atom is -0.390 e. The summed E-state index contributed by atoms with van der Waals surface area (Å²) in [5.74, 6) is 0. The van der Waals surface area contributed by atoms with Crippen molar-refractivity contribution in [1.82, 2.24) is 19.5 Å². The molecule has 0 aliphatic carbocycles. The van der Waals surface area contributed by atoms with Crippen molar-refractivity contribution in [2.24, 2.45) is 0 Å². The third kappa shape index (κ3) is 1.55. The van der Waals surface area contributed by atoms with Gasteiger partial charge in [-0.25, -0.2) is 9.97 Å². The van der Waals surface area contributed by atoms with Crippen LogP contribution in [0.1, 0.15) is 19.6 Å². The molecule has 1 fully saturated rings. The van der Waals surface area contributed by atoms with Gasteiger partial charge in [0.15, 0.2) is 11.2 Å². The van der Waals surface area contributed by atoms with E-state index < -0.39 is 6.10 Å². The third-order valence-electron chi connectivity index (χ3n) is 3.03. The molecule has 2 aromatic rings. The van der Waals surface area contributed by atoms with Gasteiger partial charge in [0, 0.05) is 6.42 Å². The molecule has 7 nitrogen and oxygen atoms in total. The number of nitrogens with zero attached hydrogens (tertiary/aromatic N) is 3. The summed E-state index contributed by atoms with van der Waals surface area (Å²) in [5, 5.41) is 9.65. The van der Waals surface area contributed by atoms with Gasteiger partial charge in [0.05, 0.1) is 24.9 Å². The smallest absolute Gasteiger partial charge is 0.278 e. The maximum absolute atomic E-state index is 11.5. The quantitative estimate of drug-likeness (QED) is 0.714. The van der Waals surface area contributed by atoms with Crippen molar-refractivity contribution >= 4 is 11.2 Å². The number of fused-ring (bicyclic) bond motifs is 1. The highest BCUT2D eigenvalue weighted by Crippen LogP contribution is 2.29. The fraction of sp³-hybridized carbons (Fsp3) is 0.500. The van der Waals surface area contributed by atoms with Gasteiger partial charge >= 0.3 is 0 Å². The predicted molar refractivity (Wildman–Crippen MR) is 58.4 cm³/mol. The molecule has 0 saturated carbocycles. The first-order chi connectivity index (χ1) is 8.16. The Morgan fingerprint density at radius 1 is 1.59 bits per heavy atom. The number of aliphatic hydroxyl groups is 1. The first-order valence-corrected chi connectivity index (χ1v) is 5.40. The number of nitrogens with one attached hydrogen (secondary N) is 1. The predicted octanol–water partition coefficient (Wildman–Crippen LogP) is -0.212. The molecule has 2 N–H and O–H groups in total. The summed E-state index contributed by atoms with van der Waals surface area (Å²) in [7, 11) is 0. The van der Waals surface area contributed by atoms with Gasteiger partial charge in [-0.3, -0.25) is 9.36 Å². The zero-order chi connectivity index (χ0) is 12.0. The summed E-state index contributed by atoms with van der Waals surface area (Å²) >= 11 is 0. The Kier molecular flexibility index (Phi) is 2.23. The molecular weight excluding hydrogens is 224 g/mol. The van der Waals surface area contributed by atoms with E-state index in [0.717, 1.165) is 0 Å². The van der Waals surface area contributed by atoms with Crippen LogP contribution in [-0.4, -0.2) is 36.8 Å². The molecule has 0 aromatic carbocycles. The number of aliphatic hydroxyl groups excluding tert-OH is 1. The average Bonchev–Trinajstić information content (AvgIpc) is 2.85. The Bertz CT molecular complexity index is 595. The molecule has 0 radical (unpaired) electrons. The number of aromatic amines is 1. The van der Waals surface area contributed by atoms with E-state index in [1.807, 2.05) is 6.92 Å². The van der Waals surface area contributed by atoms with Crippen LogP contribution in [0.3, 0.4) is 0 Å². The van der Waals surface area contributed by atoms with Gasteiger partial charge in [0.25, 0.3) is 5.56 Å². The number of ether oxygens (including phenoxy) is 1. The van der Waals surface area contributed by atoms with Gasteiger partial charge in [-0.2, -0.15) is 0 Å². The molecular formula is C10H12N4O3. The standard InChI is InChI=1S/C10H12N4O3/c1-5-6(15)2-7(17-5)14-4-13-8-9(14)11-3-12-10(8)16/h3-7,15H,2H2,1H3,(H,11,12,16)/t5-,6-,7-/m1/s1. The van der Waals surface area contributed by atoms with Crippen LogP contribution >= 0.6 is 0 Å². The van der Waals surface area contributed by atoms with Gasteiger partial charge in [0.1, 0.15) is 6.23 Å². The largest absolute Gasteiger partial charge is 0.390 e. The summed E-state index contributed by atoms with van der Waals surface area (Å²) in [5.41, 5.74) is 0.477. The van der Waals surface area contributed by atoms with Crippen LogP contribution < -0.4 is 5.56 Å². The van der Waals surface area contributed by atoms with E-state index in [0.29, 0.717) is 12.1 Å². The van der Waals surface area contributed by atoms with Crippen LogP contribution in [0, 0.1) is 0 Å². The lowest BCUT2D eigenvalue weighted by Crippen LogP contribution is -2.15. The van der Waals surface area contributed by atoms with Gasteiger partial charge < -0.3 is 14.8 Å². The van der Waals surface area contributed by atoms with Crippen molar-refractivity contribution in [1.29, 1.82) is 0 Å². The molecule has 2 aromatic heterocycles. The van der Waals surface area contributed by atoms with Crippen LogP contribution in [-0.2, 0) is 4.74 Å². The first-order valence-electron chi connectivity index (χ1n) is 5.40. The Labute approximate surface area is 96.1 Å². The zero-order valence-corrected chi connectivity index (χ0v) is 9.20. The minimum absolute atomic E-state index is 0.223. The average molecular weight is 236 g/mol. The van der Waals surface area contributed by atoms with E-state index >= 15 is 0 Å². The second-order valence-electron chi connectivity index (χ2n) is 4.15. The second-order valence-corrected chi connectivity index (χ2v) is 4.15. The summed E-state index contributed by atoms with van der Waals surface area (Å²) < 4.78 is 7.26. The van der Waals surface area contributed by atoms with Crippen LogP contribution in [0.4, 0.5) is 0 Å². The summed E-state index contributed by atoms with van der Waals surface area (Å²) in [6.07, 6.45) is 2.28.